The first-order chi connectivity index (χ1) is 8.19. The van der Waals surface area contributed by atoms with Gasteiger partial charge in [-0.15, -0.1) is 0 Å². The zero-order chi connectivity index (χ0) is 13.6. The van der Waals surface area contributed by atoms with E-state index in [2.05, 4.69) is 13.8 Å². The Hall–Kier alpha value is -0.180. The highest BCUT2D eigenvalue weighted by atomic mass is 32.3. The molecule has 2 rings (SSSR count). The van der Waals surface area contributed by atoms with E-state index in [1.54, 1.807) is 0 Å². The Bertz CT molecular complexity index is 506. The number of rotatable bonds is 1. The van der Waals surface area contributed by atoms with Crippen LogP contribution in [0.1, 0.15) is 33.1 Å². The van der Waals surface area contributed by atoms with E-state index in [4.69, 9.17) is 8.37 Å². The van der Waals surface area contributed by atoms with Crippen molar-refractivity contribution in [1.29, 1.82) is 0 Å². The van der Waals surface area contributed by atoms with Crippen molar-refractivity contribution in [3.63, 3.8) is 0 Å². The molecule has 1 saturated heterocycles. The highest BCUT2D eigenvalue weighted by Gasteiger charge is 2.43. The van der Waals surface area contributed by atoms with Crippen LogP contribution in [0.25, 0.3) is 0 Å². The van der Waals surface area contributed by atoms with Crippen LogP contribution in [-0.4, -0.2) is 34.1 Å². The largest absolute Gasteiger partial charge is 0.284 e. The monoisotopic (exact) mass is 298 g/mol. The summed E-state index contributed by atoms with van der Waals surface area (Å²) in [5, 5.41) is -1.08. The predicted molar refractivity (Wildman–Crippen MR) is 64.6 cm³/mol. The van der Waals surface area contributed by atoms with E-state index in [0.717, 1.165) is 6.42 Å². The number of hydrogen-bond acceptors (Lipinski definition) is 6. The van der Waals surface area contributed by atoms with Crippen molar-refractivity contribution in [1.82, 2.24) is 0 Å². The van der Waals surface area contributed by atoms with Gasteiger partial charge in [0.1, 0.15) is 12.2 Å². The molecular formula is C10H18O6S2. The van der Waals surface area contributed by atoms with Crippen LogP contribution in [0, 0.1) is 11.8 Å². The molecule has 0 spiro atoms. The Balaban J connectivity index is 2.24. The molecule has 0 aromatic carbocycles. The van der Waals surface area contributed by atoms with Gasteiger partial charge in [-0.25, -0.2) is 0 Å². The fourth-order valence-electron chi connectivity index (χ4n) is 2.56. The van der Waals surface area contributed by atoms with Gasteiger partial charge in [0.25, 0.3) is 20.2 Å². The Morgan fingerprint density at radius 2 is 1.50 bits per heavy atom. The quantitative estimate of drug-likeness (QED) is 0.667. The lowest BCUT2D eigenvalue weighted by Crippen LogP contribution is -2.38. The fourth-order valence-corrected chi connectivity index (χ4v) is 5.59. The lowest BCUT2D eigenvalue weighted by molar-refractivity contribution is 0.00856. The lowest BCUT2D eigenvalue weighted by atomic mass is 9.79. The second kappa shape index (κ2) is 4.73. The summed E-state index contributed by atoms with van der Waals surface area (Å²) in [6.45, 7) is 4.13. The summed E-state index contributed by atoms with van der Waals surface area (Å²) < 4.78 is 55.9. The van der Waals surface area contributed by atoms with Crippen LogP contribution in [0.3, 0.4) is 0 Å². The number of hydrogen-bond donors (Lipinski definition) is 0. The smallest absolute Gasteiger partial charge is 0.263 e. The molecule has 8 heteroatoms. The van der Waals surface area contributed by atoms with Gasteiger partial charge in [0.05, 0.1) is 0 Å². The second-order valence-corrected chi connectivity index (χ2v) is 8.88. The summed E-state index contributed by atoms with van der Waals surface area (Å²) in [7, 11) is -8.11. The molecule has 1 aliphatic carbocycles. The molecule has 3 atom stereocenters. The Kier molecular flexibility index (Phi) is 3.74. The average molecular weight is 298 g/mol. The maximum Gasteiger partial charge on any atom is 0.284 e. The molecule has 1 saturated carbocycles. The number of fused-ring (bicyclic) bond motifs is 1. The zero-order valence-corrected chi connectivity index (χ0v) is 12.0. The van der Waals surface area contributed by atoms with Gasteiger partial charge in [0, 0.05) is 0 Å². The van der Waals surface area contributed by atoms with Crippen LogP contribution in [0.15, 0.2) is 0 Å². The van der Waals surface area contributed by atoms with Crippen LogP contribution in [-0.2, 0) is 28.6 Å². The summed E-state index contributed by atoms with van der Waals surface area (Å²) >= 11 is 0. The van der Waals surface area contributed by atoms with Crippen molar-refractivity contribution in [2.45, 2.75) is 45.3 Å². The van der Waals surface area contributed by atoms with E-state index in [9.17, 15) is 16.8 Å². The summed E-state index contributed by atoms with van der Waals surface area (Å²) in [5.74, 6) is 0.753. The Labute approximate surface area is 108 Å². The van der Waals surface area contributed by atoms with Crippen LogP contribution in [0.4, 0.5) is 0 Å². The van der Waals surface area contributed by atoms with Crippen molar-refractivity contribution in [2.24, 2.45) is 11.8 Å². The summed E-state index contributed by atoms with van der Waals surface area (Å²) in [5.41, 5.74) is 0. The molecule has 0 aromatic rings. The molecule has 0 bridgehead atoms. The van der Waals surface area contributed by atoms with Gasteiger partial charge < -0.3 is 0 Å². The molecule has 106 valence electrons. The van der Waals surface area contributed by atoms with Crippen LogP contribution >= 0.6 is 0 Å². The molecule has 0 amide bonds. The molecule has 3 unspecified atom stereocenters. The zero-order valence-electron chi connectivity index (χ0n) is 10.4. The maximum atomic E-state index is 11.5. The molecule has 2 fully saturated rings. The van der Waals surface area contributed by atoms with Crippen LogP contribution < -0.4 is 0 Å². The maximum absolute atomic E-state index is 11.5. The first kappa shape index (κ1) is 14.2. The molecule has 1 aliphatic heterocycles. The van der Waals surface area contributed by atoms with Crippen LogP contribution in [0.5, 0.6) is 0 Å². The third-order valence-corrected chi connectivity index (χ3v) is 6.93. The molecule has 2 aliphatic rings. The first-order valence-electron chi connectivity index (χ1n) is 6.00. The topological polar surface area (TPSA) is 86.7 Å². The van der Waals surface area contributed by atoms with Gasteiger partial charge in [-0.2, -0.15) is 16.8 Å². The normalized spacial score (nSPS) is 38.9. The van der Waals surface area contributed by atoms with E-state index in [0.29, 0.717) is 24.7 Å². The lowest BCUT2D eigenvalue weighted by Gasteiger charge is -2.34. The molecule has 0 aromatic heterocycles. The fraction of sp³-hybridized carbons (Fsp3) is 1.00. The van der Waals surface area contributed by atoms with Crippen molar-refractivity contribution < 1.29 is 25.2 Å². The minimum atomic E-state index is -4.06. The first-order valence-corrected chi connectivity index (χ1v) is 9.16. The molecule has 0 radical (unpaired) electrons. The molecule has 0 N–H and O–H groups in total. The Morgan fingerprint density at radius 1 is 0.944 bits per heavy atom. The standard InChI is InChI=1S/C10H18O6S2/c1-7(2)8-3-4-9-10(5-8)16-18(13,14)6-17(11,12)15-9/h7-10H,3-6H2,1-2H3. The molecule has 18 heavy (non-hydrogen) atoms. The predicted octanol–water partition coefficient (Wildman–Crippen LogP) is 0.844. The van der Waals surface area contributed by atoms with Crippen LogP contribution in [0.2, 0.25) is 0 Å². The highest BCUT2D eigenvalue weighted by molar-refractivity contribution is 8.03. The molecule has 1 heterocycles. The second-order valence-electron chi connectivity index (χ2n) is 5.32. The summed E-state index contributed by atoms with van der Waals surface area (Å²) in [4.78, 5) is 0. The third kappa shape index (κ3) is 3.23. The van der Waals surface area contributed by atoms with Gasteiger partial charge in [-0.3, -0.25) is 8.37 Å². The van der Waals surface area contributed by atoms with Crippen molar-refractivity contribution in [3.8, 4) is 0 Å². The van der Waals surface area contributed by atoms with E-state index in [1.165, 1.54) is 0 Å². The minimum Gasteiger partial charge on any atom is -0.263 e. The van der Waals surface area contributed by atoms with E-state index in [1.807, 2.05) is 0 Å². The van der Waals surface area contributed by atoms with Gasteiger partial charge in [-0.1, -0.05) is 13.8 Å². The minimum absolute atomic E-state index is 0.339. The van der Waals surface area contributed by atoms with Gasteiger partial charge in [-0.05, 0) is 31.1 Å². The molecular weight excluding hydrogens is 280 g/mol. The van der Waals surface area contributed by atoms with Gasteiger partial charge >= 0.3 is 0 Å². The van der Waals surface area contributed by atoms with Crippen molar-refractivity contribution in [2.75, 3.05) is 5.08 Å². The average Bonchev–Trinajstić information content (AvgIpc) is 2.25. The SMILES string of the molecule is CC(C)C1CCC2OS(=O)(=O)CS(=O)(=O)OC2C1. The van der Waals surface area contributed by atoms with E-state index < -0.39 is 37.5 Å². The van der Waals surface area contributed by atoms with Gasteiger partial charge in [0.2, 0.25) is 5.08 Å². The van der Waals surface area contributed by atoms with E-state index in [-0.39, 0.29) is 0 Å². The van der Waals surface area contributed by atoms with Gasteiger partial charge in [0.15, 0.2) is 0 Å². The van der Waals surface area contributed by atoms with E-state index >= 15 is 0 Å². The van der Waals surface area contributed by atoms with Crippen molar-refractivity contribution >= 4 is 20.2 Å². The third-order valence-electron chi connectivity index (χ3n) is 3.54. The molecule has 6 nitrogen and oxygen atoms in total. The summed E-state index contributed by atoms with van der Waals surface area (Å²) in [6, 6.07) is 0. The van der Waals surface area contributed by atoms with Crippen molar-refractivity contribution in [3.05, 3.63) is 0 Å². The highest BCUT2D eigenvalue weighted by Crippen LogP contribution is 2.36. The Morgan fingerprint density at radius 3 is 2.06 bits per heavy atom. The summed E-state index contributed by atoms with van der Waals surface area (Å²) in [6.07, 6.45) is 0.535.